The van der Waals surface area contributed by atoms with Crippen molar-refractivity contribution in [2.45, 2.75) is 25.8 Å². The number of likely N-dealkylation sites (N-methyl/N-ethyl adjacent to an activating group) is 1. The van der Waals surface area contributed by atoms with Gasteiger partial charge in [0, 0.05) is 55.0 Å². The van der Waals surface area contributed by atoms with Gasteiger partial charge in [-0.05, 0) is 68.4 Å². The van der Waals surface area contributed by atoms with Crippen LogP contribution < -0.4 is 20.9 Å². The summed E-state index contributed by atoms with van der Waals surface area (Å²) >= 11 is 0. The highest BCUT2D eigenvalue weighted by atomic mass is 16.2. The number of nitrogens with zero attached hydrogens (tertiary/aromatic N) is 4. The predicted octanol–water partition coefficient (Wildman–Crippen LogP) is 3.72. The first-order valence-electron chi connectivity index (χ1n) is 12.5. The lowest BCUT2D eigenvalue weighted by Crippen LogP contribution is -2.46. The van der Waals surface area contributed by atoms with Crippen molar-refractivity contribution < 1.29 is 4.79 Å². The topological polar surface area (TPSA) is 85.4 Å². The Labute approximate surface area is 206 Å². The van der Waals surface area contributed by atoms with Gasteiger partial charge in [0.05, 0.1) is 11.7 Å². The van der Waals surface area contributed by atoms with Gasteiger partial charge in [0.1, 0.15) is 0 Å². The Kier molecular flexibility index (Phi) is 7.20. The van der Waals surface area contributed by atoms with E-state index in [1.807, 2.05) is 30.3 Å². The van der Waals surface area contributed by atoms with Crippen LogP contribution in [0.3, 0.4) is 0 Å². The Morgan fingerprint density at radius 1 is 1.00 bits per heavy atom. The third-order valence-corrected chi connectivity index (χ3v) is 6.79. The lowest BCUT2D eigenvalue weighted by molar-refractivity contribution is -0.117. The molecule has 1 amide bonds. The van der Waals surface area contributed by atoms with E-state index in [0.29, 0.717) is 5.95 Å². The zero-order valence-electron chi connectivity index (χ0n) is 20.2. The molecule has 3 N–H and O–H groups in total. The van der Waals surface area contributed by atoms with Gasteiger partial charge in [-0.15, -0.1) is 0 Å². The van der Waals surface area contributed by atoms with Crippen LogP contribution in [0.1, 0.15) is 19.8 Å². The standard InChI is InChI=1S/C27H33N7O/c1-2-33-16-18-34(19-17-33)23-11-9-22(10-12-23)31-27-29-15-13-24(32-27)20-5-7-21(8-6-20)30-26(35)25-4-3-14-28-25/h5-13,15,25,28H,2-4,14,16-19H2,1H3,(H,30,35)(H,29,31,32)/t25-/m1/s1. The summed E-state index contributed by atoms with van der Waals surface area (Å²) in [6.07, 6.45) is 3.69. The first-order valence-corrected chi connectivity index (χ1v) is 12.5. The molecule has 8 heteroatoms. The predicted molar refractivity (Wildman–Crippen MR) is 141 cm³/mol. The van der Waals surface area contributed by atoms with Crippen molar-refractivity contribution in [1.82, 2.24) is 20.2 Å². The molecular formula is C27H33N7O. The second kappa shape index (κ2) is 10.8. The van der Waals surface area contributed by atoms with E-state index in [1.165, 1.54) is 5.69 Å². The van der Waals surface area contributed by atoms with E-state index in [0.717, 1.165) is 74.7 Å². The molecule has 35 heavy (non-hydrogen) atoms. The lowest BCUT2D eigenvalue weighted by atomic mass is 10.1. The summed E-state index contributed by atoms with van der Waals surface area (Å²) < 4.78 is 0. The molecule has 5 rings (SSSR count). The molecule has 182 valence electrons. The minimum atomic E-state index is -0.0921. The minimum absolute atomic E-state index is 0.0259. The van der Waals surface area contributed by atoms with Crippen LogP contribution in [0.15, 0.2) is 60.8 Å². The summed E-state index contributed by atoms with van der Waals surface area (Å²) in [6, 6.07) is 18.0. The summed E-state index contributed by atoms with van der Waals surface area (Å²) in [4.78, 5) is 26.3. The number of nitrogens with one attached hydrogen (secondary N) is 3. The maximum atomic E-state index is 12.3. The Balaban J connectivity index is 1.20. The second-order valence-corrected chi connectivity index (χ2v) is 9.07. The molecule has 2 fully saturated rings. The van der Waals surface area contributed by atoms with E-state index in [9.17, 15) is 4.79 Å². The van der Waals surface area contributed by atoms with Crippen molar-refractivity contribution in [2.75, 3.05) is 54.8 Å². The summed E-state index contributed by atoms with van der Waals surface area (Å²) in [5, 5.41) is 9.53. The molecular weight excluding hydrogens is 438 g/mol. The van der Waals surface area contributed by atoms with Crippen molar-refractivity contribution in [1.29, 1.82) is 0 Å². The summed E-state index contributed by atoms with van der Waals surface area (Å²) in [5.74, 6) is 0.578. The Hall–Kier alpha value is -3.49. The third-order valence-electron chi connectivity index (χ3n) is 6.79. The Morgan fingerprint density at radius 3 is 2.43 bits per heavy atom. The average Bonchev–Trinajstić information content (AvgIpc) is 3.45. The number of anilines is 4. The molecule has 0 aliphatic carbocycles. The third kappa shape index (κ3) is 5.78. The Morgan fingerprint density at radius 2 is 1.74 bits per heavy atom. The monoisotopic (exact) mass is 471 g/mol. The van der Waals surface area contributed by atoms with Crippen molar-refractivity contribution in [3.8, 4) is 11.3 Å². The molecule has 3 heterocycles. The van der Waals surface area contributed by atoms with Crippen molar-refractivity contribution in [3.05, 3.63) is 60.8 Å². The van der Waals surface area contributed by atoms with E-state index in [1.54, 1.807) is 6.20 Å². The highest BCUT2D eigenvalue weighted by Crippen LogP contribution is 2.24. The van der Waals surface area contributed by atoms with Gasteiger partial charge in [-0.1, -0.05) is 19.1 Å². The lowest BCUT2D eigenvalue weighted by Gasteiger charge is -2.35. The van der Waals surface area contributed by atoms with E-state index in [4.69, 9.17) is 0 Å². The van der Waals surface area contributed by atoms with Gasteiger partial charge < -0.3 is 25.8 Å². The number of carbonyl (C=O) groups is 1. The van der Waals surface area contributed by atoms with Gasteiger partial charge in [0.2, 0.25) is 11.9 Å². The molecule has 0 radical (unpaired) electrons. The molecule has 3 aromatic rings. The fraction of sp³-hybridized carbons (Fsp3) is 0.370. The van der Waals surface area contributed by atoms with Crippen LogP contribution >= 0.6 is 0 Å². The molecule has 0 saturated carbocycles. The van der Waals surface area contributed by atoms with E-state index in [-0.39, 0.29) is 11.9 Å². The van der Waals surface area contributed by atoms with Crippen LogP contribution in [0.25, 0.3) is 11.3 Å². The molecule has 2 aliphatic rings. The number of rotatable bonds is 7. The van der Waals surface area contributed by atoms with Crippen LogP contribution in [-0.4, -0.2) is 66.1 Å². The van der Waals surface area contributed by atoms with Crippen LogP contribution in [-0.2, 0) is 4.79 Å². The van der Waals surface area contributed by atoms with Crippen LogP contribution in [0, 0.1) is 0 Å². The number of aromatic nitrogens is 2. The molecule has 1 aromatic heterocycles. The van der Waals surface area contributed by atoms with Crippen molar-refractivity contribution in [2.24, 2.45) is 0 Å². The molecule has 8 nitrogen and oxygen atoms in total. The van der Waals surface area contributed by atoms with Gasteiger partial charge in [0.25, 0.3) is 0 Å². The highest BCUT2D eigenvalue weighted by Gasteiger charge is 2.21. The number of hydrogen-bond donors (Lipinski definition) is 3. The van der Waals surface area contributed by atoms with Crippen LogP contribution in [0.4, 0.5) is 23.0 Å². The molecule has 2 aliphatic heterocycles. The van der Waals surface area contributed by atoms with Gasteiger partial charge in [-0.25, -0.2) is 9.97 Å². The van der Waals surface area contributed by atoms with Gasteiger partial charge in [-0.3, -0.25) is 4.79 Å². The average molecular weight is 472 g/mol. The van der Waals surface area contributed by atoms with Crippen LogP contribution in [0.2, 0.25) is 0 Å². The number of amides is 1. The summed E-state index contributed by atoms with van der Waals surface area (Å²) in [5.41, 5.74) is 4.78. The summed E-state index contributed by atoms with van der Waals surface area (Å²) in [7, 11) is 0. The van der Waals surface area contributed by atoms with Crippen molar-refractivity contribution >= 4 is 28.9 Å². The zero-order chi connectivity index (χ0) is 24.0. The van der Waals surface area contributed by atoms with Gasteiger partial charge in [0.15, 0.2) is 0 Å². The molecule has 0 bridgehead atoms. The largest absolute Gasteiger partial charge is 0.369 e. The summed E-state index contributed by atoms with van der Waals surface area (Å²) in [6.45, 7) is 8.59. The molecule has 0 unspecified atom stereocenters. The fourth-order valence-electron chi connectivity index (χ4n) is 4.65. The SMILES string of the molecule is CCN1CCN(c2ccc(Nc3nccc(-c4ccc(NC(=O)[C@H]5CCCN5)cc4)n3)cc2)CC1. The Bertz CT molecular complexity index is 1120. The normalized spacial score (nSPS) is 18.4. The maximum Gasteiger partial charge on any atom is 0.241 e. The van der Waals surface area contributed by atoms with Crippen molar-refractivity contribution in [3.63, 3.8) is 0 Å². The van der Waals surface area contributed by atoms with Crippen LogP contribution in [0.5, 0.6) is 0 Å². The number of carbonyl (C=O) groups excluding carboxylic acids is 1. The number of benzene rings is 2. The molecule has 1 atom stereocenters. The molecule has 2 saturated heterocycles. The molecule has 2 aromatic carbocycles. The van der Waals surface area contributed by atoms with E-state index in [2.05, 4.69) is 66.9 Å². The fourth-order valence-corrected chi connectivity index (χ4v) is 4.65. The first kappa shape index (κ1) is 23.3. The number of piperazine rings is 1. The van der Waals surface area contributed by atoms with Gasteiger partial charge >= 0.3 is 0 Å². The van der Waals surface area contributed by atoms with E-state index < -0.39 is 0 Å². The number of hydrogen-bond acceptors (Lipinski definition) is 7. The second-order valence-electron chi connectivity index (χ2n) is 9.07. The van der Waals surface area contributed by atoms with Gasteiger partial charge in [-0.2, -0.15) is 0 Å². The smallest absolute Gasteiger partial charge is 0.241 e. The minimum Gasteiger partial charge on any atom is -0.369 e. The quantitative estimate of drug-likeness (QED) is 0.484. The zero-order valence-corrected chi connectivity index (χ0v) is 20.2. The maximum absolute atomic E-state index is 12.3. The highest BCUT2D eigenvalue weighted by molar-refractivity contribution is 5.95. The molecule has 0 spiro atoms. The van der Waals surface area contributed by atoms with E-state index >= 15 is 0 Å². The first-order chi connectivity index (χ1) is 17.2.